The van der Waals surface area contributed by atoms with Crippen molar-refractivity contribution in [2.45, 2.75) is 18.6 Å². The van der Waals surface area contributed by atoms with Gasteiger partial charge in [-0.25, -0.2) is 12.8 Å². The molecule has 0 radical (unpaired) electrons. The summed E-state index contributed by atoms with van der Waals surface area (Å²) >= 11 is 8.76. The molecule has 1 aromatic carbocycles. The average molecular weight is 356 g/mol. The van der Waals surface area contributed by atoms with Crippen molar-refractivity contribution in [2.75, 3.05) is 4.72 Å². The Kier molecular flexibility index (Phi) is 4.96. The van der Waals surface area contributed by atoms with Crippen LogP contribution in [0, 0.1) is 17.1 Å². The molecule has 4 nitrogen and oxygen atoms in total. The van der Waals surface area contributed by atoms with Gasteiger partial charge in [0.05, 0.1) is 16.8 Å². The summed E-state index contributed by atoms with van der Waals surface area (Å²) in [7, 11) is -3.88. The molecule has 98 valence electrons. The highest BCUT2D eigenvalue weighted by atomic mass is 79.9. The number of anilines is 1. The van der Waals surface area contributed by atoms with Crippen LogP contribution in [0.2, 0.25) is 5.02 Å². The van der Waals surface area contributed by atoms with E-state index in [0.29, 0.717) is 0 Å². The molecule has 1 N–H and O–H groups in total. The highest BCUT2D eigenvalue weighted by molar-refractivity contribution is 9.10. The van der Waals surface area contributed by atoms with Gasteiger partial charge in [0.2, 0.25) is 10.0 Å². The van der Waals surface area contributed by atoms with Gasteiger partial charge < -0.3 is 0 Å². The van der Waals surface area contributed by atoms with Crippen LogP contribution in [0.4, 0.5) is 10.1 Å². The SMILES string of the molecule is CCC(C#N)S(=O)(=O)Nc1c(Cl)cc(F)cc1Br. The van der Waals surface area contributed by atoms with Crippen molar-refractivity contribution < 1.29 is 12.8 Å². The van der Waals surface area contributed by atoms with Crippen molar-refractivity contribution in [3.63, 3.8) is 0 Å². The Morgan fingerprint density at radius 1 is 1.61 bits per heavy atom. The minimum atomic E-state index is -3.88. The van der Waals surface area contributed by atoms with Crippen molar-refractivity contribution in [1.29, 1.82) is 5.26 Å². The van der Waals surface area contributed by atoms with E-state index in [1.54, 1.807) is 13.0 Å². The number of nitrogens with one attached hydrogen (secondary N) is 1. The topological polar surface area (TPSA) is 70.0 Å². The zero-order valence-corrected chi connectivity index (χ0v) is 12.4. The van der Waals surface area contributed by atoms with Crippen molar-refractivity contribution in [3.8, 4) is 6.07 Å². The average Bonchev–Trinajstić information content (AvgIpc) is 2.24. The van der Waals surface area contributed by atoms with Gasteiger partial charge in [-0.3, -0.25) is 4.72 Å². The van der Waals surface area contributed by atoms with Crippen LogP contribution in [0.25, 0.3) is 0 Å². The number of nitrogens with zero attached hydrogens (tertiary/aromatic N) is 1. The van der Waals surface area contributed by atoms with Gasteiger partial charge in [0.1, 0.15) is 5.82 Å². The van der Waals surface area contributed by atoms with Crippen molar-refractivity contribution >= 4 is 43.2 Å². The summed E-state index contributed by atoms with van der Waals surface area (Å²) < 4.78 is 39.0. The zero-order valence-electron chi connectivity index (χ0n) is 9.25. The van der Waals surface area contributed by atoms with Gasteiger partial charge >= 0.3 is 0 Å². The molecule has 0 aliphatic rings. The lowest BCUT2D eigenvalue weighted by atomic mass is 10.3. The fourth-order valence-corrected chi connectivity index (χ4v) is 3.54. The van der Waals surface area contributed by atoms with Crippen molar-refractivity contribution in [2.24, 2.45) is 0 Å². The number of sulfonamides is 1. The molecule has 0 aromatic heterocycles. The molecule has 1 rings (SSSR count). The highest BCUT2D eigenvalue weighted by Gasteiger charge is 2.25. The molecule has 0 saturated heterocycles. The first-order valence-electron chi connectivity index (χ1n) is 4.87. The molecule has 1 aromatic rings. The second-order valence-electron chi connectivity index (χ2n) is 3.42. The van der Waals surface area contributed by atoms with Gasteiger partial charge in [0, 0.05) is 4.47 Å². The molecule has 1 unspecified atom stereocenters. The third-order valence-electron chi connectivity index (χ3n) is 2.14. The van der Waals surface area contributed by atoms with Crippen LogP contribution in [-0.2, 0) is 10.0 Å². The smallest absolute Gasteiger partial charge is 0.249 e. The van der Waals surface area contributed by atoms with Crippen molar-refractivity contribution in [3.05, 3.63) is 27.4 Å². The number of rotatable bonds is 4. The van der Waals surface area contributed by atoms with E-state index in [1.807, 2.05) is 0 Å². The molecule has 0 aliphatic heterocycles. The molecule has 0 saturated carbocycles. The quantitative estimate of drug-likeness (QED) is 0.901. The lowest BCUT2D eigenvalue weighted by Crippen LogP contribution is -2.26. The van der Waals surface area contributed by atoms with Crippen LogP contribution >= 0.6 is 27.5 Å². The normalized spacial score (nSPS) is 12.8. The van der Waals surface area contributed by atoms with Crippen molar-refractivity contribution in [1.82, 2.24) is 0 Å². The highest BCUT2D eigenvalue weighted by Crippen LogP contribution is 2.33. The van der Waals surface area contributed by atoms with E-state index in [1.165, 1.54) is 0 Å². The first kappa shape index (κ1) is 15.2. The van der Waals surface area contributed by atoms with Gasteiger partial charge in [0.25, 0.3) is 0 Å². The Hall–Kier alpha value is -0.840. The lowest BCUT2D eigenvalue weighted by Gasteiger charge is -2.13. The van der Waals surface area contributed by atoms with E-state index >= 15 is 0 Å². The standard InChI is InChI=1S/C10H9BrClFN2O2S/c1-2-7(5-14)18(16,17)15-10-8(11)3-6(13)4-9(10)12/h3-4,7,15H,2H2,1H3. The van der Waals surface area contributed by atoms with Gasteiger partial charge in [-0.1, -0.05) is 18.5 Å². The number of hydrogen-bond acceptors (Lipinski definition) is 3. The summed E-state index contributed by atoms with van der Waals surface area (Å²) in [4.78, 5) is 0. The predicted molar refractivity (Wildman–Crippen MR) is 71.3 cm³/mol. The molecular weight excluding hydrogens is 347 g/mol. The van der Waals surface area contributed by atoms with Crippen LogP contribution < -0.4 is 4.72 Å². The molecule has 0 bridgehead atoms. The molecule has 0 heterocycles. The van der Waals surface area contributed by atoms with E-state index in [-0.39, 0.29) is 21.6 Å². The number of hydrogen-bond donors (Lipinski definition) is 1. The second kappa shape index (κ2) is 5.87. The van der Waals surface area contributed by atoms with E-state index in [9.17, 15) is 12.8 Å². The summed E-state index contributed by atoms with van der Waals surface area (Å²) in [5, 5.41) is 7.47. The molecule has 0 aliphatic carbocycles. The Balaban J connectivity index is 3.17. The molecule has 8 heteroatoms. The van der Waals surface area contributed by atoms with Crippen LogP contribution in [-0.4, -0.2) is 13.7 Å². The Labute approximate surface area is 118 Å². The first-order chi connectivity index (χ1) is 8.31. The molecule has 0 spiro atoms. The van der Waals surface area contributed by atoms with Crippen LogP contribution in [0.1, 0.15) is 13.3 Å². The second-order valence-corrected chi connectivity index (χ2v) is 6.54. The minimum absolute atomic E-state index is 0.0202. The van der Waals surface area contributed by atoms with E-state index in [0.717, 1.165) is 12.1 Å². The summed E-state index contributed by atoms with van der Waals surface area (Å²) in [6, 6.07) is 3.74. The maximum atomic E-state index is 13.0. The maximum absolute atomic E-state index is 13.0. The molecule has 0 fully saturated rings. The van der Waals surface area contributed by atoms with Gasteiger partial charge in [0.15, 0.2) is 5.25 Å². The fraction of sp³-hybridized carbons (Fsp3) is 0.300. The number of halogens is 3. The zero-order chi connectivity index (χ0) is 13.9. The maximum Gasteiger partial charge on any atom is 0.249 e. The minimum Gasteiger partial charge on any atom is -0.280 e. The van der Waals surface area contributed by atoms with Gasteiger partial charge in [-0.05, 0) is 34.5 Å². The summed E-state index contributed by atoms with van der Waals surface area (Å²) in [6.45, 7) is 1.58. The van der Waals surface area contributed by atoms with E-state index in [2.05, 4.69) is 20.7 Å². The van der Waals surface area contributed by atoms with E-state index < -0.39 is 21.1 Å². The van der Waals surface area contributed by atoms with E-state index in [4.69, 9.17) is 16.9 Å². The lowest BCUT2D eigenvalue weighted by molar-refractivity contribution is 0.592. The molecule has 1 atom stereocenters. The monoisotopic (exact) mass is 354 g/mol. The third kappa shape index (κ3) is 3.34. The summed E-state index contributed by atoms with van der Waals surface area (Å²) in [6.07, 6.45) is 0.141. The predicted octanol–water partition coefficient (Wildman–Crippen LogP) is 3.29. The van der Waals surface area contributed by atoms with Gasteiger partial charge in [-0.15, -0.1) is 0 Å². The molecule has 0 amide bonds. The molecule has 18 heavy (non-hydrogen) atoms. The number of benzene rings is 1. The summed E-state index contributed by atoms with van der Waals surface area (Å²) in [5.74, 6) is -0.595. The first-order valence-corrected chi connectivity index (χ1v) is 7.59. The Bertz CT molecular complexity index is 577. The van der Waals surface area contributed by atoms with Gasteiger partial charge in [-0.2, -0.15) is 5.26 Å². The fourth-order valence-electron chi connectivity index (χ4n) is 1.23. The number of nitriles is 1. The van der Waals surface area contributed by atoms with Crippen LogP contribution in [0.5, 0.6) is 0 Å². The van der Waals surface area contributed by atoms with Crippen LogP contribution in [0.15, 0.2) is 16.6 Å². The van der Waals surface area contributed by atoms with Crippen LogP contribution in [0.3, 0.4) is 0 Å². The Morgan fingerprint density at radius 2 is 2.22 bits per heavy atom. The molecular formula is C10H9BrClFN2O2S. The summed E-state index contributed by atoms with van der Waals surface area (Å²) in [5.41, 5.74) is 0.0202. The Morgan fingerprint density at radius 3 is 2.67 bits per heavy atom. The largest absolute Gasteiger partial charge is 0.280 e. The third-order valence-corrected chi connectivity index (χ3v) is 4.74.